The minimum absolute atomic E-state index is 0.275. The first-order valence-electron chi connectivity index (χ1n) is 15.7. The number of morpholine rings is 1. The molecule has 0 aliphatic carbocycles. The van der Waals surface area contributed by atoms with Crippen LogP contribution in [0, 0.1) is 24.2 Å². The van der Waals surface area contributed by atoms with Crippen molar-refractivity contribution in [3.8, 4) is 12.1 Å². The molecule has 3 aromatic rings. The summed E-state index contributed by atoms with van der Waals surface area (Å²) in [5, 5.41) is 11.9. The average molecular weight is 569 g/mol. The van der Waals surface area contributed by atoms with Crippen LogP contribution in [0.3, 0.4) is 0 Å². The van der Waals surface area contributed by atoms with E-state index in [1.165, 1.54) is 27.6 Å². The highest BCUT2D eigenvalue weighted by atomic mass is 16.5. The quantitative estimate of drug-likeness (QED) is 0.329. The molecule has 0 saturated carbocycles. The van der Waals surface area contributed by atoms with E-state index in [0.29, 0.717) is 31.0 Å². The summed E-state index contributed by atoms with van der Waals surface area (Å²) in [7, 11) is 0. The number of hydrogen-bond donors (Lipinski definition) is 0. The number of piperidine rings is 1. The van der Waals surface area contributed by atoms with Crippen molar-refractivity contribution in [3.63, 3.8) is 0 Å². The molecule has 8 heteroatoms. The number of nitrogens with zero attached hydrogens (tertiary/aromatic N) is 6. The second kappa shape index (κ2) is 12.8. The van der Waals surface area contributed by atoms with Gasteiger partial charge in [0.2, 0.25) is 0 Å². The number of hydrogen-bond acceptors (Lipinski definition) is 8. The molecule has 0 radical (unpaired) electrons. The Morgan fingerprint density at radius 2 is 1.98 bits per heavy atom. The van der Waals surface area contributed by atoms with Gasteiger partial charge in [-0.05, 0) is 69.4 Å². The van der Waals surface area contributed by atoms with Gasteiger partial charge in [0.15, 0.2) is 0 Å². The van der Waals surface area contributed by atoms with Gasteiger partial charge in [0.1, 0.15) is 5.82 Å². The summed E-state index contributed by atoms with van der Waals surface area (Å²) in [6.45, 7) is 13.3. The smallest absolute Gasteiger partial charge is 0.318 e. The predicted octanol–water partition coefficient (Wildman–Crippen LogP) is 5.51. The molecule has 1 unspecified atom stereocenters. The molecule has 0 spiro atoms. The van der Waals surface area contributed by atoms with Crippen LogP contribution in [0.5, 0.6) is 6.01 Å². The highest BCUT2D eigenvalue weighted by Crippen LogP contribution is 2.36. The molecule has 42 heavy (non-hydrogen) atoms. The predicted molar refractivity (Wildman–Crippen MR) is 167 cm³/mol. The number of ether oxygens (including phenoxy) is 2. The maximum absolute atomic E-state index is 9.36. The third-order valence-corrected chi connectivity index (χ3v) is 9.10. The Hall–Kier alpha value is -3.41. The van der Waals surface area contributed by atoms with E-state index >= 15 is 0 Å². The lowest BCUT2D eigenvalue weighted by Gasteiger charge is -2.37. The number of aromatic nitrogens is 2. The highest BCUT2D eigenvalue weighted by molar-refractivity contribution is 5.95. The number of benzene rings is 2. The van der Waals surface area contributed by atoms with Crippen LogP contribution in [0.2, 0.25) is 0 Å². The number of nitriles is 1. The van der Waals surface area contributed by atoms with Crippen molar-refractivity contribution in [1.82, 2.24) is 14.9 Å². The highest BCUT2D eigenvalue weighted by Gasteiger charge is 2.29. The van der Waals surface area contributed by atoms with Crippen molar-refractivity contribution in [2.75, 3.05) is 55.7 Å². The van der Waals surface area contributed by atoms with Crippen LogP contribution in [0.25, 0.3) is 10.8 Å². The van der Waals surface area contributed by atoms with Crippen LogP contribution >= 0.6 is 0 Å². The minimum atomic E-state index is 0.275. The number of anilines is 2. The van der Waals surface area contributed by atoms with Gasteiger partial charge in [-0.15, -0.1) is 0 Å². The van der Waals surface area contributed by atoms with Gasteiger partial charge in [0.25, 0.3) is 0 Å². The molecule has 3 aliphatic rings. The zero-order valence-electron chi connectivity index (χ0n) is 25.4. The SMILES string of the molecule is Cc1cc(N2CCc3c(nc(OCCCN4C[C@H](C)OC[C@@H]4C)nc3N3CCCC(CC#N)C3)C2)c2ccccc2c1. The van der Waals surface area contributed by atoms with E-state index in [0.717, 1.165) is 83.1 Å². The second-order valence-corrected chi connectivity index (χ2v) is 12.4. The first-order chi connectivity index (χ1) is 20.5. The molecule has 0 amide bonds. The average Bonchev–Trinajstić information content (AvgIpc) is 3.00. The lowest BCUT2D eigenvalue weighted by molar-refractivity contribution is -0.0503. The molecule has 8 nitrogen and oxygen atoms in total. The third-order valence-electron chi connectivity index (χ3n) is 9.10. The van der Waals surface area contributed by atoms with Gasteiger partial charge in [-0.2, -0.15) is 15.2 Å². The Bertz CT molecular complexity index is 1440. The topological polar surface area (TPSA) is 77.8 Å². The molecule has 0 N–H and O–H groups in total. The fourth-order valence-electron chi connectivity index (χ4n) is 6.89. The van der Waals surface area contributed by atoms with Crippen molar-refractivity contribution in [1.29, 1.82) is 5.26 Å². The molecule has 2 saturated heterocycles. The first kappa shape index (κ1) is 28.7. The summed E-state index contributed by atoms with van der Waals surface area (Å²) in [6, 6.07) is 16.5. The van der Waals surface area contributed by atoms with Crippen LogP contribution in [-0.4, -0.2) is 73.0 Å². The summed E-state index contributed by atoms with van der Waals surface area (Å²) in [6.07, 6.45) is 4.87. The zero-order chi connectivity index (χ0) is 29.1. The molecular weight excluding hydrogens is 524 g/mol. The van der Waals surface area contributed by atoms with Gasteiger partial charge in [-0.25, -0.2) is 0 Å². The molecule has 222 valence electrons. The van der Waals surface area contributed by atoms with Crippen LogP contribution in [0.1, 0.15) is 56.4 Å². The summed E-state index contributed by atoms with van der Waals surface area (Å²) in [5.74, 6) is 1.40. The van der Waals surface area contributed by atoms with Crippen LogP contribution < -0.4 is 14.5 Å². The molecule has 1 aromatic heterocycles. The fourth-order valence-corrected chi connectivity index (χ4v) is 6.89. The number of aryl methyl sites for hydroxylation is 1. The number of rotatable bonds is 8. The van der Waals surface area contributed by atoms with E-state index in [1.54, 1.807) is 0 Å². The lowest BCUT2D eigenvalue weighted by atomic mass is 9.94. The Balaban J connectivity index is 1.24. The maximum Gasteiger partial charge on any atom is 0.318 e. The molecule has 4 heterocycles. The monoisotopic (exact) mass is 568 g/mol. The molecule has 6 rings (SSSR count). The van der Waals surface area contributed by atoms with Crippen LogP contribution in [0.4, 0.5) is 11.5 Å². The minimum Gasteiger partial charge on any atom is -0.463 e. The third kappa shape index (κ3) is 6.33. The standard InChI is InChI=1S/C34H44N6O2/c1-24-18-28-9-4-5-10-29(28)32(19-24)39-16-12-30-31(22-39)36-34(37-33(30)40-14-6-8-27(21-40)11-13-35)41-17-7-15-38-20-26(3)42-23-25(38)2/h4-5,9-10,18-19,25-27H,6-8,11-12,14-17,20-23H2,1-3H3/t25-,26-,27?/m0/s1. The van der Waals surface area contributed by atoms with E-state index in [1.807, 2.05) is 0 Å². The van der Waals surface area contributed by atoms with Crippen molar-refractivity contribution in [3.05, 3.63) is 53.2 Å². The molecule has 2 fully saturated rings. The van der Waals surface area contributed by atoms with Gasteiger partial charge in [0.05, 0.1) is 37.6 Å². The Morgan fingerprint density at radius 3 is 2.86 bits per heavy atom. The molecular formula is C34H44N6O2. The van der Waals surface area contributed by atoms with Crippen LogP contribution in [-0.2, 0) is 17.7 Å². The molecule has 2 aromatic carbocycles. The van der Waals surface area contributed by atoms with E-state index in [9.17, 15) is 5.26 Å². The van der Waals surface area contributed by atoms with Gasteiger partial charge < -0.3 is 19.3 Å². The van der Waals surface area contributed by atoms with Gasteiger partial charge in [0, 0.05) is 61.8 Å². The van der Waals surface area contributed by atoms with Crippen molar-refractivity contribution in [2.24, 2.45) is 5.92 Å². The number of fused-ring (bicyclic) bond motifs is 2. The summed E-state index contributed by atoms with van der Waals surface area (Å²) in [4.78, 5) is 17.4. The van der Waals surface area contributed by atoms with Gasteiger partial charge >= 0.3 is 6.01 Å². The van der Waals surface area contributed by atoms with E-state index in [4.69, 9.17) is 19.4 Å². The van der Waals surface area contributed by atoms with Gasteiger partial charge in [-0.1, -0.05) is 30.3 Å². The Morgan fingerprint density at radius 1 is 1.10 bits per heavy atom. The summed E-state index contributed by atoms with van der Waals surface area (Å²) in [5.41, 5.74) is 4.83. The molecule has 3 atom stereocenters. The second-order valence-electron chi connectivity index (χ2n) is 12.4. The molecule has 3 aliphatic heterocycles. The Kier molecular flexibility index (Phi) is 8.78. The van der Waals surface area contributed by atoms with Crippen LogP contribution in [0.15, 0.2) is 36.4 Å². The molecule has 0 bridgehead atoms. The van der Waals surface area contributed by atoms with Crippen molar-refractivity contribution >= 4 is 22.3 Å². The first-order valence-corrected chi connectivity index (χ1v) is 15.7. The Labute approximate surface area is 250 Å². The maximum atomic E-state index is 9.36. The summed E-state index contributed by atoms with van der Waals surface area (Å²) < 4.78 is 12.1. The fraction of sp³-hybridized carbons (Fsp3) is 0.559. The largest absolute Gasteiger partial charge is 0.463 e. The van der Waals surface area contributed by atoms with Crippen molar-refractivity contribution < 1.29 is 9.47 Å². The van der Waals surface area contributed by atoms with E-state index < -0.39 is 0 Å². The van der Waals surface area contributed by atoms with E-state index in [-0.39, 0.29) is 6.10 Å². The van der Waals surface area contributed by atoms with Crippen molar-refractivity contribution in [2.45, 2.75) is 71.6 Å². The lowest BCUT2D eigenvalue weighted by Crippen LogP contribution is -2.47. The normalized spacial score (nSPS) is 23.0. The summed E-state index contributed by atoms with van der Waals surface area (Å²) >= 11 is 0. The van der Waals surface area contributed by atoms with E-state index in [2.05, 4.69) is 77.9 Å². The zero-order valence-corrected chi connectivity index (χ0v) is 25.4. The van der Waals surface area contributed by atoms with Gasteiger partial charge in [-0.3, -0.25) is 4.90 Å².